The van der Waals surface area contributed by atoms with Gasteiger partial charge < -0.3 is 10.6 Å². The number of rotatable bonds is 3. The van der Waals surface area contributed by atoms with Crippen molar-refractivity contribution in [2.24, 2.45) is 5.73 Å². The summed E-state index contributed by atoms with van der Waals surface area (Å²) >= 11 is 0. The van der Waals surface area contributed by atoms with Gasteiger partial charge in [0, 0.05) is 37.3 Å². The summed E-state index contributed by atoms with van der Waals surface area (Å²) in [5, 5.41) is 0. The van der Waals surface area contributed by atoms with E-state index in [-0.39, 0.29) is 0 Å². The third kappa shape index (κ3) is 2.99. The van der Waals surface area contributed by atoms with Crippen molar-refractivity contribution in [3.63, 3.8) is 0 Å². The zero-order valence-corrected chi connectivity index (χ0v) is 11.7. The number of hydrogen-bond acceptors (Lipinski definition) is 4. The molecular weight excluding hydrogens is 224 g/mol. The first-order valence-corrected chi connectivity index (χ1v) is 6.98. The summed E-state index contributed by atoms with van der Waals surface area (Å²) in [7, 11) is 0. The number of nitrogens with two attached hydrogens (primary N) is 1. The monoisotopic (exact) mass is 248 g/mol. The quantitative estimate of drug-likeness (QED) is 0.890. The zero-order valence-electron chi connectivity index (χ0n) is 11.7. The summed E-state index contributed by atoms with van der Waals surface area (Å²) in [6.07, 6.45) is 3.01. The first kappa shape index (κ1) is 13.3. The third-order valence-corrected chi connectivity index (χ3v) is 3.55. The van der Waals surface area contributed by atoms with E-state index >= 15 is 0 Å². The van der Waals surface area contributed by atoms with Gasteiger partial charge in [0.1, 0.15) is 11.6 Å². The Balaban J connectivity index is 2.23. The maximum absolute atomic E-state index is 5.95. The van der Waals surface area contributed by atoms with Gasteiger partial charge >= 0.3 is 0 Å². The standard InChI is InChI=1S/C14H24N4/c1-4-13-16-12(10(2)3)9-14(17-13)18-7-5-11(15)6-8-18/h9-11H,4-8,15H2,1-3H3. The van der Waals surface area contributed by atoms with Crippen molar-refractivity contribution >= 4 is 5.82 Å². The van der Waals surface area contributed by atoms with Crippen molar-refractivity contribution < 1.29 is 0 Å². The van der Waals surface area contributed by atoms with Gasteiger partial charge in [-0.05, 0) is 18.8 Å². The van der Waals surface area contributed by atoms with Crippen LogP contribution in [0.5, 0.6) is 0 Å². The molecule has 1 aliphatic heterocycles. The summed E-state index contributed by atoms with van der Waals surface area (Å²) < 4.78 is 0. The fraction of sp³-hybridized carbons (Fsp3) is 0.714. The Labute approximate surface area is 110 Å². The van der Waals surface area contributed by atoms with Crippen LogP contribution >= 0.6 is 0 Å². The summed E-state index contributed by atoms with van der Waals surface area (Å²) in [5.41, 5.74) is 7.09. The molecule has 0 unspecified atom stereocenters. The zero-order chi connectivity index (χ0) is 13.1. The minimum Gasteiger partial charge on any atom is -0.356 e. The van der Waals surface area contributed by atoms with Crippen LogP contribution in [0.3, 0.4) is 0 Å². The Bertz CT molecular complexity index is 395. The molecule has 0 bridgehead atoms. The summed E-state index contributed by atoms with van der Waals surface area (Å²) in [5.74, 6) is 2.48. The first-order valence-electron chi connectivity index (χ1n) is 6.98. The Morgan fingerprint density at radius 3 is 2.56 bits per heavy atom. The van der Waals surface area contributed by atoms with Gasteiger partial charge in [-0.1, -0.05) is 20.8 Å². The lowest BCUT2D eigenvalue weighted by molar-refractivity contribution is 0.497. The number of hydrogen-bond donors (Lipinski definition) is 1. The van der Waals surface area contributed by atoms with Crippen LogP contribution in [0, 0.1) is 0 Å². The maximum Gasteiger partial charge on any atom is 0.132 e. The van der Waals surface area contributed by atoms with Gasteiger partial charge in [-0.2, -0.15) is 0 Å². The van der Waals surface area contributed by atoms with Gasteiger partial charge in [-0.3, -0.25) is 0 Å². The van der Waals surface area contributed by atoms with Gasteiger partial charge in [0.2, 0.25) is 0 Å². The average molecular weight is 248 g/mol. The van der Waals surface area contributed by atoms with E-state index in [4.69, 9.17) is 5.73 Å². The van der Waals surface area contributed by atoms with Gasteiger partial charge in [0.25, 0.3) is 0 Å². The predicted octanol–water partition coefficient (Wildman–Crippen LogP) is 2.09. The number of piperidine rings is 1. The van der Waals surface area contributed by atoms with Gasteiger partial charge in [0.05, 0.1) is 0 Å². The van der Waals surface area contributed by atoms with E-state index in [0.29, 0.717) is 12.0 Å². The van der Waals surface area contributed by atoms with Crippen LogP contribution in [0.2, 0.25) is 0 Å². The molecule has 1 aromatic heterocycles. The fourth-order valence-electron chi connectivity index (χ4n) is 2.25. The molecular formula is C14H24N4. The van der Waals surface area contributed by atoms with Crippen LogP contribution in [0.25, 0.3) is 0 Å². The highest BCUT2D eigenvalue weighted by Gasteiger charge is 2.18. The predicted molar refractivity (Wildman–Crippen MR) is 74.9 cm³/mol. The molecule has 18 heavy (non-hydrogen) atoms. The highest BCUT2D eigenvalue weighted by atomic mass is 15.2. The highest BCUT2D eigenvalue weighted by molar-refractivity contribution is 5.41. The summed E-state index contributed by atoms with van der Waals surface area (Å²) in [4.78, 5) is 11.6. The van der Waals surface area contributed by atoms with Crippen LogP contribution < -0.4 is 10.6 Å². The second-order valence-electron chi connectivity index (χ2n) is 5.40. The lowest BCUT2D eigenvalue weighted by Crippen LogP contribution is -2.40. The first-order chi connectivity index (χ1) is 8.60. The van der Waals surface area contributed by atoms with Crippen molar-refractivity contribution in [2.75, 3.05) is 18.0 Å². The molecule has 1 saturated heterocycles. The van der Waals surface area contributed by atoms with E-state index in [1.807, 2.05) is 0 Å². The van der Waals surface area contributed by atoms with Crippen molar-refractivity contribution in [3.05, 3.63) is 17.6 Å². The molecule has 100 valence electrons. The largest absolute Gasteiger partial charge is 0.356 e. The SMILES string of the molecule is CCc1nc(C(C)C)cc(N2CCC(N)CC2)n1. The Morgan fingerprint density at radius 2 is 2.00 bits per heavy atom. The molecule has 0 aromatic carbocycles. The number of nitrogens with zero attached hydrogens (tertiary/aromatic N) is 3. The van der Waals surface area contributed by atoms with E-state index in [2.05, 4.69) is 41.7 Å². The second-order valence-corrected chi connectivity index (χ2v) is 5.40. The lowest BCUT2D eigenvalue weighted by atomic mass is 10.1. The second kappa shape index (κ2) is 5.65. The minimum absolute atomic E-state index is 0.360. The smallest absolute Gasteiger partial charge is 0.132 e. The maximum atomic E-state index is 5.95. The average Bonchev–Trinajstić information content (AvgIpc) is 2.39. The fourth-order valence-corrected chi connectivity index (χ4v) is 2.25. The topological polar surface area (TPSA) is 55.0 Å². The van der Waals surface area contributed by atoms with Crippen molar-refractivity contribution in [3.8, 4) is 0 Å². The Morgan fingerprint density at radius 1 is 1.33 bits per heavy atom. The van der Waals surface area contributed by atoms with Crippen LogP contribution in [-0.4, -0.2) is 29.1 Å². The van der Waals surface area contributed by atoms with E-state index in [9.17, 15) is 0 Å². The van der Waals surface area contributed by atoms with Gasteiger partial charge in [0.15, 0.2) is 0 Å². The molecule has 0 aliphatic carbocycles. The molecule has 4 heteroatoms. The molecule has 0 amide bonds. The molecule has 2 N–H and O–H groups in total. The molecule has 2 heterocycles. The van der Waals surface area contributed by atoms with E-state index in [0.717, 1.165) is 49.7 Å². The number of aryl methyl sites for hydroxylation is 1. The third-order valence-electron chi connectivity index (χ3n) is 3.55. The summed E-state index contributed by atoms with van der Waals surface area (Å²) in [6.45, 7) is 8.49. The molecule has 0 radical (unpaired) electrons. The number of anilines is 1. The lowest BCUT2D eigenvalue weighted by Gasteiger charge is -2.31. The van der Waals surface area contributed by atoms with Crippen LogP contribution in [0.4, 0.5) is 5.82 Å². The molecule has 0 saturated carbocycles. The van der Waals surface area contributed by atoms with Crippen LogP contribution in [-0.2, 0) is 6.42 Å². The molecule has 1 fully saturated rings. The van der Waals surface area contributed by atoms with E-state index in [1.54, 1.807) is 0 Å². The normalized spacial score (nSPS) is 17.5. The van der Waals surface area contributed by atoms with Gasteiger partial charge in [-0.25, -0.2) is 9.97 Å². The highest BCUT2D eigenvalue weighted by Crippen LogP contribution is 2.21. The Kier molecular flexibility index (Phi) is 4.17. The summed E-state index contributed by atoms with van der Waals surface area (Å²) in [6, 6.07) is 2.50. The Hall–Kier alpha value is -1.16. The van der Waals surface area contributed by atoms with Crippen molar-refractivity contribution in [1.82, 2.24) is 9.97 Å². The molecule has 1 aromatic rings. The number of aromatic nitrogens is 2. The molecule has 0 spiro atoms. The van der Waals surface area contributed by atoms with Gasteiger partial charge in [-0.15, -0.1) is 0 Å². The van der Waals surface area contributed by atoms with Crippen molar-refractivity contribution in [2.45, 2.75) is 52.0 Å². The van der Waals surface area contributed by atoms with E-state index < -0.39 is 0 Å². The molecule has 0 atom stereocenters. The molecule has 1 aliphatic rings. The molecule has 4 nitrogen and oxygen atoms in total. The molecule has 2 rings (SSSR count). The van der Waals surface area contributed by atoms with E-state index in [1.165, 1.54) is 0 Å². The van der Waals surface area contributed by atoms with Crippen LogP contribution in [0.1, 0.15) is 51.0 Å². The minimum atomic E-state index is 0.360. The van der Waals surface area contributed by atoms with Crippen molar-refractivity contribution in [1.29, 1.82) is 0 Å². The van der Waals surface area contributed by atoms with Crippen LogP contribution in [0.15, 0.2) is 6.07 Å².